The summed E-state index contributed by atoms with van der Waals surface area (Å²) >= 11 is 0. The molecule has 122 valence electrons. The molecule has 3 heteroatoms. The van der Waals surface area contributed by atoms with Crippen LogP contribution in [0.15, 0.2) is 63.9 Å². The molecule has 0 spiro atoms. The van der Waals surface area contributed by atoms with Crippen molar-refractivity contribution in [1.82, 2.24) is 0 Å². The number of hydrogen-bond donors (Lipinski definition) is 0. The van der Waals surface area contributed by atoms with Crippen molar-refractivity contribution >= 4 is 11.0 Å². The summed E-state index contributed by atoms with van der Waals surface area (Å²) in [4.78, 5) is 12.4. The average molecular weight is 320 g/mol. The van der Waals surface area contributed by atoms with Crippen LogP contribution in [0.3, 0.4) is 0 Å². The van der Waals surface area contributed by atoms with Crippen LogP contribution in [0.5, 0.6) is 0 Å². The molecule has 1 aliphatic rings. The van der Waals surface area contributed by atoms with Gasteiger partial charge in [-0.1, -0.05) is 49.7 Å². The van der Waals surface area contributed by atoms with E-state index in [9.17, 15) is 4.79 Å². The first-order valence-electron chi connectivity index (χ1n) is 8.77. The smallest absolute Gasteiger partial charge is 0.372 e. The molecule has 0 saturated heterocycles. The van der Waals surface area contributed by atoms with Gasteiger partial charge in [-0.3, -0.25) is 0 Å². The van der Waals surface area contributed by atoms with E-state index in [0.717, 1.165) is 17.4 Å². The van der Waals surface area contributed by atoms with Crippen LogP contribution in [0.4, 0.5) is 0 Å². The van der Waals surface area contributed by atoms with Gasteiger partial charge in [-0.15, -0.1) is 4.57 Å². The zero-order chi connectivity index (χ0) is 16.5. The summed E-state index contributed by atoms with van der Waals surface area (Å²) < 4.78 is 7.41. The quantitative estimate of drug-likeness (QED) is 0.652. The van der Waals surface area contributed by atoms with Crippen LogP contribution in [0.25, 0.3) is 22.1 Å². The lowest BCUT2D eigenvalue weighted by Crippen LogP contribution is -2.55. The topological polar surface area (TPSA) is 34.1 Å². The first-order valence-corrected chi connectivity index (χ1v) is 8.77. The van der Waals surface area contributed by atoms with Crippen molar-refractivity contribution in [2.45, 2.75) is 38.6 Å². The molecule has 1 fully saturated rings. The number of nitrogens with zero attached hydrogens (tertiary/aromatic N) is 1. The molecule has 0 amide bonds. The minimum atomic E-state index is -0.242. The molecule has 0 N–H and O–H groups in total. The van der Waals surface area contributed by atoms with Gasteiger partial charge >= 0.3 is 5.76 Å². The second-order valence-electron chi connectivity index (χ2n) is 6.85. The molecule has 3 nitrogen and oxygen atoms in total. The van der Waals surface area contributed by atoms with Gasteiger partial charge in [0.25, 0.3) is 0 Å². The Balaban J connectivity index is 1.81. The van der Waals surface area contributed by atoms with E-state index in [1.54, 1.807) is 0 Å². The minimum Gasteiger partial charge on any atom is -0.372 e. The van der Waals surface area contributed by atoms with Crippen LogP contribution in [-0.4, -0.2) is 0 Å². The maximum atomic E-state index is 12.4. The fraction of sp³-hybridized carbons (Fsp3) is 0.333. The lowest BCUT2D eigenvalue weighted by molar-refractivity contribution is -0.753. The van der Waals surface area contributed by atoms with E-state index in [4.69, 9.17) is 4.42 Å². The summed E-state index contributed by atoms with van der Waals surface area (Å²) in [7, 11) is 0. The molecule has 24 heavy (non-hydrogen) atoms. The normalized spacial score (nSPS) is 21.0. The van der Waals surface area contributed by atoms with Crippen LogP contribution in [-0.2, 0) is 0 Å². The van der Waals surface area contributed by atoms with Crippen molar-refractivity contribution in [3.8, 4) is 11.1 Å². The van der Waals surface area contributed by atoms with Crippen molar-refractivity contribution < 1.29 is 8.98 Å². The van der Waals surface area contributed by atoms with Gasteiger partial charge in [0.1, 0.15) is 0 Å². The Labute approximate surface area is 141 Å². The van der Waals surface area contributed by atoms with Gasteiger partial charge in [0.2, 0.25) is 0 Å². The molecule has 2 unspecified atom stereocenters. The molecule has 4 rings (SSSR count). The number of fused-ring (bicyclic) bond motifs is 1. The van der Waals surface area contributed by atoms with E-state index in [0.29, 0.717) is 11.5 Å². The second kappa shape index (κ2) is 6.23. The van der Waals surface area contributed by atoms with Crippen molar-refractivity contribution in [3.05, 3.63) is 65.3 Å². The molecular weight excluding hydrogens is 298 g/mol. The van der Waals surface area contributed by atoms with E-state index in [2.05, 4.69) is 25.1 Å². The van der Waals surface area contributed by atoms with Gasteiger partial charge in [-0.05, 0) is 36.1 Å². The Morgan fingerprint density at radius 1 is 1.00 bits per heavy atom. The molecule has 1 aliphatic carbocycles. The van der Waals surface area contributed by atoms with Crippen molar-refractivity contribution in [2.24, 2.45) is 5.92 Å². The Hall–Kier alpha value is -2.42. The third kappa shape index (κ3) is 2.75. The number of hydrogen-bond acceptors (Lipinski definition) is 2. The lowest BCUT2D eigenvalue weighted by Gasteiger charge is -2.23. The van der Waals surface area contributed by atoms with Gasteiger partial charge in [-0.2, -0.15) is 4.79 Å². The molecule has 1 aromatic heterocycles. The van der Waals surface area contributed by atoms with Crippen LogP contribution in [0.2, 0.25) is 0 Å². The zero-order valence-electron chi connectivity index (χ0n) is 13.9. The fourth-order valence-corrected chi connectivity index (χ4v) is 3.84. The second-order valence-corrected chi connectivity index (χ2v) is 6.85. The number of benzene rings is 2. The van der Waals surface area contributed by atoms with E-state index in [1.165, 1.54) is 24.8 Å². The van der Waals surface area contributed by atoms with E-state index >= 15 is 0 Å². The highest BCUT2D eigenvalue weighted by atomic mass is 16.4. The van der Waals surface area contributed by atoms with Crippen molar-refractivity contribution in [2.75, 3.05) is 0 Å². The van der Waals surface area contributed by atoms with E-state index < -0.39 is 0 Å². The number of rotatable bonds is 2. The molecular formula is C21H22NO2+. The Morgan fingerprint density at radius 2 is 1.79 bits per heavy atom. The lowest BCUT2D eigenvalue weighted by atomic mass is 9.86. The van der Waals surface area contributed by atoms with Gasteiger partial charge in [-0.25, -0.2) is 0 Å². The van der Waals surface area contributed by atoms with Crippen LogP contribution >= 0.6 is 0 Å². The summed E-state index contributed by atoms with van der Waals surface area (Å²) in [5, 5.41) is 0.980. The third-order valence-corrected chi connectivity index (χ3v) is 5.23. The van der Waals surface area contributed by atoms with Gasteiger partial charge in [0.15, 0.2) is 17.8 Å². The maximum Gasteiger partial charge on any atom is 0.602 e. The molecule has 2 atom stereocenters. The van der Waals surface area contributed by atoms with Gasteiger partial charge in [0, 0.05) is 12.3 Å². The maximum absolute atomic E-state index is 12.4. The summed E-state index contributed by atoms with van der Waals surface area (Å²) in [6, 6.07) is 16.5. The Kier molecular flexibility index (Phi) is 3.93. The van der Waals surface area contributed by atoms with Crippen molar-refractivity contribution in [3.63, 3.8) is 0 Å². The summed E-state index contributed by atoms with van der Waals surface area (Å²) in [5.74, 6) is 0.273. The van der Waals surface area contributed by atoms with Crippen LogP contribution in [0, 0.1) is 5.92 Å². The third-order valence-electron chi connectivity index (χ3n) is 5.23. The molecule has 1 saturated carbocycles. The first-order chi connectivity index (χ1) is 11.7. The van der Waals surface area contributed by atoms with Crippen LogP contribution < -0.4 is 10.3 Å². The van der Waals surface area contributed by atoms with Gasteiger partial charge in [0.05, 0.1) is 5.39 Å². The Morgan fingerprint density at radius 3 is 2.58 bits per heavy atom. The molecule has 0 bridgehead atoms. The summed E-state index contributed by atoms with van der Waals surface area (Å²) in [5.41, 5.74) is 2.96. The standard InChI is InChI=1S/C21H22NO2/c1-15-7-5-6-10-19(15)22-14-18-13-17(16-8-3-2-4-9-16)11-12-20(18)24-21(22)23/h2-4,8-9,11-15,19H,5-7,10H2,1H3/q+1. The predicted molar refractivity (Wildman–Crippen MR) is 94.8 cm³/mol. The SMILES string of the molecule is CC1CCCCC1[n+]1cc2cc(-c3ccccc3)ccc2oc1=O. The first kappa shape index (κ1) is 15.1. The van der Waals surface area contributed by atoms with E-state index in [1.807, 2.05) is 41.1 Å². The zero-order valence-corrected chi connectivity index (χ0v) is 13.9. The highest BCUT2D eigenvalue weighted by molar-refractivity contribution is 5.81. The average Bonchev–Trinajstić information content (AvgIpc) is 2.62. The Bertz CT molecular complexity index is 914. The van der Waals surface area contributed by atoms with Crippen LogP contribution in [0.1, 0.15) is 38.6 Å². The fourth-order valence-electron chi connectivity index (χ4n) is 3.84. The molecule has 1 heterocycles. The van der Waals surface area contributed by atoms with Gasteiger partial charge < -0.3 is 4.42 Å². The molecule has 0 radical (unpaired) electrons. The molecule has 2 aromatic carbocycles. The number of aromatic nitrogens is 1. The van der Waals surface area contributed by atoms with E-state index in [-0.39, 0.29) is 11.8 Å². The summed E-state index contributed by atoms with van der Waals surface area (Å²) in [6.07, 6.45) is 6.67. The largest absolute Gasteiger partial charge is 0.602 e. The highest BCUT2D eigenvalue weighted by Gasteiger charge is 2.32. The minimum absolute atomic E-state index is 0.242. The monoisotopic (exact) mass is 320 g/mol. The summed E-state index contributed by atoms with van der Waals surface area (Å²) in [6.45, 7) is 2.24. The predicted octanol–water partition coefficient (Wildman–Crippen LogP) is 4.50. The molecule has 3 aromatic rings. The highest BCUT2D eigenvalue weighted by Crippen LogP contribution is 2.30. The molecule has 0 aliphatic heterocycles. The van der Waals surface area contributed by atoms with Crippen molar-refractivity contribution in [1.29, 1.82) is 0 Å².